The fourth-order valence-corrected chi connectivity index (χ4v) is 2.95. The summed E-state index contributed by atoms with van der Waals surface area (Å²) in [5.41, 5.74) is -0.399. The standard InChI is InChI=1S/C17H14F3N5OS/c1-10(15(26)22-13-5-3-2-4-12(13)17(18,19)20)27-16-23-14(24-25-16)11-6-8-21-9-7-11/h2-10H,1H3,(H,22,26)(H,23,24,25)/t10-/m0/s1. The van der Waals surface area contributed by atoms with Gasteiger partial charge in [-0.15, -0.1) is 5.10 Å². The number of hydrogen-bond acceptors (Lipinski definition) is 5. The van der Waals surface area contributed by atoms with Gasteiger partial charge in [0.25, 0.3) is 0 Å². The Bertz CT molecular complexity index is 930. The first-order chi connectivity index (χ1) is 12.8. The molecule has 1 atom stereocenters. The fourth-order valence-electron chi connectivity index (χ4n) is 2.22. The van der Waals surface area contributed by atoms with Gasteiger partial charge < -0.3 is 5.32 Å². The van der Waals surface area contributed by atoms with Crippen molar-refractivity contribution in [3.05, 3.63) is 54.4 Å². The first-order valence-corrected chi connectivity index (χ1v) is 8.69. The zero-order chi connectivity index (χ0) is 19.4. The van der Waals surface area contributed by atoms with E-state index in [0.29, 0.717) is 11.0 Å². The minimum atomic E-state index is -4.55. The minimum Gasteiger partial charge on any atom is -0.325 e. The molecule has 2 N–H and O–H groups in total. The molecule has 2 heterocycles. The van der Waals surface area contributed by atoms with Crippen molar-refractivity contribution in [3.63, 3.8) is 0 Å². The first-order valence-electron chi connectivity index (χ1n) is 7.81. The molecule has 1 amide bonds. The second-order valence-corrected chi connectivity index (χ2v) is 6.80. The van der Waals surface area contributed by atoms with Crippen LogP contribution in [0.15, 0.2) is 53.9 Å². The van der Waals surface area contributed by atoms with E-state index in [2.05, 4.69) is 25.5 Å². The van der Waals surface area contributed by atoms with Gasteiger partial charge in [-0.05, 0) is 31.2 Å². The van der Waals surface area contributed by atoms with Gasteiger partial charge in [0.05, 0.1) is 16.5 Å². The minimum absolute atomic E-state index is 0.282. The van der Waals surface area contributed by atoms with Crippen molar-refractivity contribution in [2.24, 2.45) is 0 Å². The molecule has 6 nitrogen and oxygen atoms in total. The Balaban J connectivity index is 1.68. The lowest BCUT2D eigenvalue weighted by Gasteiger charge is -2.15. The van der Waals surface area contributed by atoms with Gasteiger partial charge in [0.15, 0.2) is 5.82 Å². The molecule has 140 valence electrons. The van der Waals surface area contributed by atoms with Crippen molar-refractivity contribution < 1.29 is 18.0 Å². The molecule has 0 spiro atoms. The van der Waals surface area contributed by atoms with Crippen molar-refractivity contribution in [2.45, 2.75) is 23.5 Å². The Labute approximate surface area is 156 Å². The van der Waals surface area contributed by atoms with E-state index < -0.39 is 22.9 Å². The van der Waals surface area contributed by atoms with Crippen LogP contribution in [-0.2, 0) is 11.0 Å². The number of H-pyrrole nitrogens is 1. The maximum atomic E-state index is 13.0. The van der Waals surface area contributed by atoms with Gasteiger partial charge in [-0.2, -0.15) is 13.2 Å². The first kappa shape index (κ1) is 18.9. The van der Waals surface area contributed by atoms with Crippen LogP contribution in [0.4, 0.5) is 18.9 Å². The molecule has 0 radical (unpaired) electrons. The highest BCUT2D eigenvalue weighted by molar-refractivity contribution is 8.00. The number of aromatic amines is 1. The molecule has 3 aromatic rings. The van der Waals surface area contributed by atoms with Gasteiger partial charge in [0.1, 0.15) is 0 Å². The van der Waals surface area contributed by atoms with E-state index >= 15 is 0 Å². The topological polar surface area (TPSA) is 83.6 Å². The van der Waals surface area contributed by atoms with E-state index in [-0.39, 0.29) is 5.69 Å². The quantitative estimate of drug-likeness (QED) is 0.640. The van der Waals surface area contributed by atoms with Gasteiger partial charge in [0.2, 0.25) is 11.1 Å². The molecule has 0 saturated heterocycles. The molecule has 0 fully saturated rings. The summed E-state index contributed by atoms with van der Waals surface area (Å²) >= 11 is 1.04. The molecule has 0 aliphatic carbocycles. The number of para-hydroxylation sites is 1. The van der Waals surface area contributed by atoms with Crippen LogP contribution >= 0.6 is 11.8 Å². The van der Waals surface area contributed by atoms with Gasteiger partial charge in [-0.3, -0.25) is 14.9 Å². The Hall–Kier alpha value is -2.88. The van der Waals surface area contributed by atoms with E-state index in [9.17, 15) is 18.0 Å². The Morgan fingerprint density at radius 3 is 2.59 bits per heavy atom. The van der Waals surface area contributed by atoms with E-state index in [1.165, 1.54) is 18.2 Å². The normalized spacial score (nSPS) is 12.6. The lowest BCUT2D eigenvalue weighted by atomic mass is 10.1. The second kappa shape index (κ2) is 7.78. The molecule has 10 heteroatoms. The number of hydrogen-bond donors (Lipinski definition) is 2. The number of thioether (sulfide) groups is 1. The Kier molecular flexibility index (Phi) is 5.45. The lowest BCUT2D eigenvalue weighted by Crippen LogP contribution is -2.24. The number of nitrogens with zero attached hydrogens (tertiary/aromatic N) is 3. The van der Waals surface area contributed by atoms with Crippen molar-refractivity contribution in [3.8, 4) is 11.4 Å². The summed E-state index contributed by atoms with van der Waals surface area (Å²) in [4.78, 5) is 20.5. The molecule has 0 unspecified atom stereocenters. The third-order valence-electron chi connectivity index (χ3n) is 3.56. The van der Waals surface area contributed by atoms with Crippen molar-refractivity contribution in [1.29, 1.82) is 0 Å². The molecular formula is C17H14F3N5OS. The van der Waals surface area contributed by atoms with Gasteiger partial charge in [0, 0.05) is 18.0 Å². The molecule has 0 saturated carbocycles. The Morgan fingerprint density at radius 2 is 1.89 bits per heavy atom. The molecule has 0 aliphatic rings. The summed E-state index contributed by atoms with van der Waals surface area (Å²) in [6, 6.07) is 8.33. The zero-order valence-corrected chi connectivity index (χ0v) is 14.8. The van der Waals surface area contributed by atoms with Crippen molar-refractivity contribution in [2.75, 3.05) is 5.32 Å². The van der Waals surface area contributed by atoms with E-state index in [1.807, 2.05) is 0 Å². The number of rotatable bonds is 5. The van der Waals surface area contributed by atoms with Crippen LogP contribution in [-0.4, -0.2) is 31.3 Å². The van der Waals surface area contributed by atoms with Crippen LogP contribution in [0.1, 0.15) is 12.5 Å². The SMILES string of the molecule is C[C@H](Sc1n[nH]c(-c2ccncc2)n1)C(=O)Nc1ccccc1C(F)(F)F. The molecule has 0 bridgehead atoms. The third-order valence-corrected chi connectivity index (χ3v) is 4.52. The summed E-state index contributed by atoms with van der Waals surface area (Å²) in [6.07, 6.45) is -1.33. The number of amides is 1. The monoisotopic (exact) mass is 393 g/mol. The number of nitrogens with one attached hydrogen (secondary N) is 2. The van der Waals surface area contributed by atoms with E-state index in [0.717, 1.165) is 23.4 Å². The third kappa shape index (κ3) is 4.64. The Morgan fingerprint density at radius 1 is 1.19 bits per heavy atom. The number of anilines is 1. The largest absolute Gasteiger partial charge is 0.418 e. The predicted molar refractivity (Wildman–Crippen MR) is 95.0 cm³/mol. The summed E-state index contributed by atoms with van der Waals surface area (Å²) in [6.45, 7) is 1.57. The van der Waals surface area contributed by atoms with Crippen LogP contribution in [0.2, 0.25) is 0 Å². The highest BCUT2D eigenvalue weighted by atomic mass is 32.2. The number of carbonyl (C=O) groups excluding carboxylic acids is 1. The maximum Gasteiger partial charge on any atom is 0.418 e. The molecule has 27 heavy (non-hydrogen) atoms. The van der Waals surface area contributed by atoms with Gasteiger partial charge >= 0.3 is 6.18 Å². The number of benzene rings is 1. The van der Waals surface area contributed by atoms with Gasteiger partial charge in [-0.25, -0.2) is 4.98 Å². The van der Waals surface area contributed by atoms with Crippen LogP contribution in [0.5, 0.6) is 0 Å². The fraction of sp³-hybridized carbons (Fsp3) is 0.176. The smallest absolute Gasteiger partial charge is 0.325 e. The predicted octanol–water partition coefficient (Wildman–Crippen LogP) is 4.00. The van der Waals surface area contributed by atoms with Crippen LogP contribution in [0.25, 0.3) is 11.4 Å². The number of alkyl halides is 3. The molecular weight excluding hydrogens is 379 g/mol. The maximum absolute atomic E-state index is 13.0. The highest BCUT2D eigenvalue weighted by Gasteiger charge is 2.34. The van der Waals surface area contributed by atoms with Crippen LogP contribution in [0.3, 0.4) is 0 Å². The van der Waals surface area contributed by atoms with E-state index in [4.69, 9.17) is 0 Å². The summed E-state index contributed by atoms with van der Waals surface area (Å²) in [5, 5.41) is 8.71. The molecule has 0 aliphatic heterocycles. The molecule has 3 rings (SSSR count). The van der Waals surface area contributed by atoms with E-state index in [1.54, 1.807) is 31.5 Å². The number of halogens is 3. The highest BCUT2D eigenvalue weighted by Crippen LogP contribution is 2.35. The summed E-state index contributed by atoms with van der Waals surface area (Å²) < 4.78 is 39.1. The average molecular weight is 393 g/mol. The number of pyridine rings is 1. The van der Waals surface area contributed by atoms with Crippen molar-refractivity contribution in [1.82, 2.24) is 20.2 Å². The van der Waals surface area contributed by atoms with Crippen LogP contribution < -0.4 is 5.32 Å². The number of carbonyl (C=O) groups is 1. The summed E-state index contributed by atoms with van der Waals surface area (Å²) in [7, 11) is 0. The summed E-state index contributed by atoms with van der Waals surface area (Å²) in [5.74, 6) is -0.0677. The van der Waals surface area contributed by atoms with Crippen LogP contribution in [0, 0.1) is 0 Å². The number of aromatic nitrogens is 4. The molecule has 1 aromatic carbocycles. The molecule has 2 aromatic heterocycles. The lowest BCUT2D eigenvalue weighted by molar-refractivity contribution is -0.137. The van der Waals surface area contributed by atoms with Crippen molar-refractivity contribution >= 4 is 23.4 Å². The zero-order valence-electron chi connectivity index (χ0n) is 14.0. The van der Waals surface area contributed by atoms with Gasteiger partial charge in [-0.1, -0.05) is 23.9 Å². The second-order valence-electron chi connectivity index (χ2n) is 5.50. The average Bonchev–Trinajstić information content (AvgIpc) is 3.10.